The van der Waals surface area contributed by atoms with Gasteiger partial charge in [-0.1, -0.05) is 49.4 Å². The van der Waals surface area contributed by atoms with E-state index in [4.69, 9.17) is 4.74 Å². The molecule has 0 fully saturated rings. The standard InChI is InChI=1S/C20H20FN3OS/c1-2-10-25-13-17-9-8-15(11-18(17)21)12-22-24-20-23-19(14-26-20)16-6-4-3-5-7-16/h3-9,11-12,14H,2,10,13H2,1H3,(H,23,24). The Morgan fingerprint density at radius 3 is 2.85 bits per heavy atom. The zero-order valence-electron chi connectivity index (χ0n) is 14.5. The molecule has 0 spiro atoms. The normalized spacial score (nSPS) is 11.2. The van der Waals surface area contributed by atoms with Crippen molar-refractivity contribution in [2.45, 2.75) is 20.0 Å². The maximum atomic E-state index is 14.0. The fourth-order valence-corrected chi connectivity index (χ4v) is 2.98. The Kier molecular flexibility index (Phi) is 6.46. The number of thiazole rings is 1. The van der Waals surface area contributed by atoms with Gasteiger partial charge in [-0.3, -0.25) is 5.43 Å². The molecule has 6 heteroatoms. The quantitative estimate of drug-likeness (QED) is 0.332. The van der Waals surface area contributed by atoms with Gasteiger partial charge in [0.1, 0.15) is 5.82 Å². The molecule has 1 N–H and O–H groups in total. The van der Waals surface area contributed by atoms with Crippen molar-refractivity contribution in [1.82, 2.24) is 4.98 Å². The number of nitrogens with one attached hydrogen (secondary N) is 1. The summed E-state index contributed by atoms with van der Waals surface area (Å²) in [5.74, 6) is -0.286. The van der Waals surface area contributed by atoms with Crippen molar-refractivity contribution in [3.8, 4) is 11.3 Å². The fraction of sp³-hybridized carbons (Fsp3) is 0.200. The van der Waals surface area contributed by atoms with Crippen molar-refractivity contribution in [2.75, 3.05) is 12.0 Å². The predicted molar refractivity (Wildman–Crippen MR) is 105 cm³/mol. The molecule has 1 aromatic heterocycles. The largest absolute Gasteiger partial charge is 0.377 e. The number of nitrogens with zero attached hydrogens (tertiary/aromatic N) is 2. The second kappa shape index (κ2) is 9.22. The second-order valence-electron chi connectivity index (χ2n) is 5.68. The van der Waals surface area contributed by atoms with E-state index in [0.29, 0.717) is 22.9 Å². The van der Waals surface area contributed by atoms with Gasteiger partial charge in [0.15, 0.2) is 0 Å². The number of ether oxygens (including phenoxy) is 1. The molecule has 0 amide bonds. The number of aromatic nitrogens is 1. The number of hydrogen-bond donors (Lipinski definition) is 1. The van der Waals surface area contributed by atoms with Crippen LogP contribution in [0.3, 0.4) is 0 Å². The van der Waals surface area contributed by atoms with E-state index in [1.807, 2.05) is 48.7 Å². The Morgan fingerprint density at radius 1 is 1.23 bits per heavy atom. The molecule has 0 aliphatic rings. The van der Waals surface area contributed by atoms with Gasteiger partial charge in [0.05, 0.1) is 18.5 Å². The molecule has 3 rings (SSSR count). The van der Waals surface area contributed by atoms with Gasteiger partial charge in [-0.05, 0) is 18.1 Å². The molecule has 4 nitrogen and oxygen atoms in total. The number of hydrazone groups is 1. The van der Waals surface area contributed by atoms with E-state index in [0.717, 1.165) is 17.7 Å². The second-order valence-corrected chi connectivity index (χ2v) is 6.54. The van der Waals surface area contributed by atoms with Gasteiger partial charge in [-0.25, -0.2) is 9.37 Å². The number of benzene rings is 2. The predicted octanol–water partition coefficient (Wildman–Crippen LogP) is 5.32. The molecule has 1 heterocycles. The van der Waals surface area contributed by atoms with Gasteiger partial charge in [0.2, 0.25) is 5.13 Å². The van der Waals surface area contributed by atoms with Gasteiger partial charge < -0.3 is 4.74 Å². The SMILES string of the molecule is CCCOCc1ccc(C=NNc2nc(-c3ccccc3)cs2)cc1F. The van der Waals surface area contributed by atoms with Crippen molar-refractivity contribution in [3.63, 3.8) is 0 Å². The molecule has 2 aromatic carbocycles. The van der Waals surface area contributed by atoms with Gasteiger partial charge in [-0.2, -0.15) is 5.10 Å². The van der Waals surface area contributed by atoms with Crippen LogP contribution in [0.15, 0.2) is 59.0 Å². The third-order valence-corrected chi connectivity index (χ3v) is 4.38. The van der Waals surface area contributed by atoms with E-state index in [-0.39, 0.29) is 12.4 Å². The first-order valence-electron chi connectivity index (χ1n) is 8.42. The third-order valence-electron chi connectivity index (χ3n) is 3.63. The molecule has 0 aliphatic heterocycles. The van der Waals surface area contributed by atoms with Crippen molar-refractivity contribution in [1.29, 1.82) is 0 Å². The van der Waals surface area contributed by atoms with Crippen LogP contribution < -0.4 is 5.43 Å². The topological polar surface area (TPSA) is 46.5 Å². The van der Waals surface area contributed by atoms with Crippen LogP contribution in [0.1, 0.15) is 24.5 Å². The summed E-state index contributed by atoms with van der Waals surface area (Å²) in [5.41, 5.74) is 6.07. The molecular formula is C20H20FN3OS. The molecule has 0 saturated carbocycles. The zero-order valence-corrected chi connectivity index (χ0v) is 15.3. The van der Waals surface area contributed by atoms with Crippen molar-refractivity contribution >= 4 is 22.7 Å². The Balaban J connectivity index is 1.59. The molecule has 0 unspecified atom stereocenters. The van der Waals surface area contributed by atoms with E-state index < -0.39 is 0 Å². The van der Waals surface area contributed by atoms with Crippen LogP contribution in [0, 0.1) is 5.82 Å². The Labute approximate surface area is 156 Å². The van der Waals surface area contributed by atoms with E-state index in [1.165, 1.54) is 17.4 Å². The fourth-order valence-electron chi connectivity index (χ4n) is 2.32. The lowest BCUT2D eigenvalue weighted by Gasteiger charge is -2.05. The lowest BCUT2D eigenvalue weighted by molar-refractivity contribution is 0.119. The van der Waals surface area contributed by atoms with Crippen molar-refractivity contribution < 1.29 is 9.13 Å². The average molecular weight is 369 g/mol. The highest BCUT2D eigenvalue weighted by Crippen LogP contribution is 2.24. The van der Waals surface area contributed by atoms with Crippen LogP contribution in [0.25, 0.3) is 11.3 Å². The first-order valence-corrected chi connectivity index (χ1v) is 9.30. The highest BCUT2D eigenvalue weighted by Gasteiger charge is 2.04. The average Bonchev–Trinajstić information content (AvgIpc) is 3.13. The summed E-state index contributed by atoms with van der Waals surface area (Å²) >= 11 is 1.47. The molecule has 0 bridgehead atoms. The highest BCUT2D eigenvalue weighted by molar-refractivity contribution is 7.14. The minimum Gasteiger partial charge on any atom is -0.377 e. The van der Waals surface area contributed by atoms with Crippen LogP contribution in [0.4, 0.5) is 9.52 Å². The smallest absolute Gasteiger partial charge is 0.203 e. The number of rotatable bonds is 8. The van der Waals surface area contributed by atoms with Crippen molar-refractivity contribution in [3.05, 3.63) is 70.9 Å². The van der Waals surface area contributed by atoms with E-state index in [9.17, 15) is 4.39 Å². The van der Waals surface area contributed by atoms with E-state index >= 15 is 0 Å². The van der Waals surface area contributed by atoms with Crippen LogP contribution in [-0.2, 0) is 11.3 Å². The van der Waals surface area contributed by atoms with Crippen molar-refractivity contribution in [2.24, 2.45) is 5.10 Å². The summed E-state index contributed by atoms with van der Waals surface area (Å²) < 4.78 is 19.4. The first kappa shape index (κ1) is 18.2. The van der Waals surface area contributed by atoms with Gasteiger partial charge >= 0.3 is 0 Å². The van der Waals surface area contributed by atoms with Gasteiger partial charge in [-0.15, -0.1) is 11.3 Å². The van der Waals surface area contributed by atoms with E-state index in [1.54, 1.807) is 12.3 Å². The number of halogens is 1. The maximum Gasteiger partial charge on any atom is 0.203 e. The Hall–Kier alpha value is -2.57. The molecule has 0 saturated heterocycles. The molecular weight excluding hydrogens is 349 g/mol. The molecule has 26 heavy (non-hydrogen) atoms. The summed E-state index contributed by atoms with van der Waals surface area (Å²) in [6.45, 7) is 2.94. The molecule has 0 aliphatic carbocycles. The molecule has 134 valence electrons. The lowest BCUT2D eigenvalue weighted by atomic mass is 10.1. The minimum absolute atomic E-state index is 0.286. The monoisotopic (exact) mass is 369 g/mol. The maximum absolute atomic E-state index is 14.0. The zero-order chi connectivity index (χ0) is 18.2. The first-order chi connectivity index (χ1) is 12.8. The lowest BCUT2D eigenvalue weighted by Crippen LogP contribution is -1.98. The summed E-state index contributed by atoms with van der Waals surface area (Å²) in [6, 6.07) is 14.9. The van der Waals surface area contributed by atoms with Crippen LogP contribution >= 0.6 is 11.3 Å². The summed E-state index contributed by atoms with van der Waals surface area (Å²) in [5, 5.41) is 6.80. The molecule has 0 atom stereocenters. The summed E-state index contributed by atoms with van der Waals surface area (Å²) in [4.78, 5) is 4.49. The van der Waals surface area contributed by atoms with Crippen LogP contribution in [0.2, 0.25) is 0 Å². The van der Waals surface area contributed by atoms with Crippen LogP contribution in [0.5, 0.6) is 0 Å². The summed E-state index contributed by atoms with van der Waals surface area (Å²) in [7, 11) is 0. The Bertz CT molecular complexity index is 865. The number of anilines is 1. The minimum atomic E-state index is -0.286. The number of hydrogen-bond acceptors (Lipinski definition) is 5. The van der Waals surface area contributed by atoms with Crippen LogP contribution in [-0.4, -0.2) is 17.8 Å². The summed E-state index contributed by atoms with van der Waals surface area (Å²) in [6.07, 6.45) is 2.49. The molecule has 0 radical (unpaired) electrons. The van der Waals surface area contributed by atoms with Gasteiger partial charge in [0, 0.05) is 23.1 Å². The van der Waals surface area contributed by atoms with Gasteiger partial charge in [0.25, 0.3) is 0 Å². The molecule has 3 aromatic rings. The van der Waals surface area contributed by atoms with E-state index in [2.05, 4.69) is 15.5 Å². The highest BCUT2D eigenvalue weighted by atomic mass is 32.1. The third kappa shape index (κ3) is 4.97. The Morgan fingerprint density at radius 2 is 2.08 bits per heavy atom.